The third-order valence-corrected chi connectivity index (χ3v) is 5.66. The second-order valence-corrected chi connectivity index (χ2v) is 8.16. The molecule has 0 heterocycles. The summed E-state index contributed by atoms with van der Waals surface area (Å²) in [6.07, 6.45) is 3.07. The molecule has 0 fully saturated rings. The van der Waals surface area contributed by atoms with Gasteiger partial charge in [-0.1, -0.05) is 26.7 Å². The minimum absolute atomic E-state index is 0.347. The van der Waals surface area contributed by atoms with Crippen molar-refractivity contribution in [1.82, 2.24) is 14.9 Å². The summed E-state index contributed by atoms with van der Waals surface area (Å²) in [5, 5.41) is 5.09. The average molecular weight is 419 g/mol. The molecule has 1 rings (SSSR count). The fraction of sp³-hybridized carbons (Fsp3) is 0.556. The van der Waals surface area contributed by atoms with Crippen LogP contribution in [0.3, 0.4) is 0 Å². The number of carbonyl (C=O) groups excluding carboxylic acids is 2. The van der Waals surface area contributed by atoms with Gasteiger partial charge in [0.05, 0.1) is 13.1 Å². The Labute approximate surface area is 164 Å². The summed E-state index contributed by atoms with van der Waals surface area (Å²) in [5.74, 6) is -3.37. The molecule has 7 nitrogen and oxygen atoms in total. The molecule has 2 amide bonds. The summed E-state index contributed by atoms with van der Waals surface area (Å²) < 4.78 is 53.6. The Morgan fingerprint density at radius 3 is 1.93 bits per heavy atom. The molecule has 0 aliphatic carbocycles. The van der Waals surface area contributed by atoms with E-state index in [0.29, 0.717) is 42.4 Å². The third kappa shape index (κ3) is 7.51. The molecule has 0 atom stereocenters. The highest BCUT2D eigenvalue weighted by Crippen LogP contribution is 2.20. The zero-order valence-electron chi connectivity index (χ0n) is 16.1. The summed E-state index contributed by atoms with van der Waals surface area (Å²) in [4.78, 5) is 23.2. The van der Waals surface area contributed by atoms with Crippen LogP contribution in [-0.4, -0.2) is 50.7 Å². The standard InChI is InChI=1S/C18H27F2N3O4S/c1-3-5-9-21-17(24)12-23(13-18(25)22-10-6-4-2)28(26,27)16-11-14(19)7-8-15(16)20/h7-8,11H,3-6,9-10,12-13H2,1-2H3,(H,21,24)(H,22,25). The molecule has 0 aliphatic rings. The minimum atomic E-state index is -4.61. The Morgan fingerprint density at radius 1 is 0.964 bits per heavy atom. The van der Waals surface area contributed by atoms with Crippen LogP contribution in [0.5, 0.6) is 0 Å². The highest BCUT2D eigenvalue weighted by atomic mass is 32.2. The molecule has 1 aromatic carbocycles. The van der Waals surface area contributed by atoms with Crippen LogP contribution in [0.1, 0.15) is 39.5 Å². The molecule has 0 aromatic heterocycles. The molecule has 0 radical (unpaired) electrons. The summed E-state index contributed by atoms with van der Waals surface area (Å²) in [6, 6.07) is 2.00. The molecule has 0 unspecified atom stereocenters. The lowest BCUT2D eigenvalue weighted by Crippen LogP contribution is -2.46. The van der Waals surface area contributed by atoms with Crippen molar-refractivity contribution in [3.8, 4) is 0 Å². The summed E-state index contributed by atoms with van der Waals surface area (Å²) in [6.45, 7) is 3.19. The first-order valence-corrected chi connectivity index (χ1v) is 10.6. The highest BCUT2D eigenvalue weighted by molar-refractivity contribution is 7.89. The van der Waals surface area contributed by atoms with Crippen molar-refractivity contribution in [2.24, 2.45) is 0 Å². The molecule has 0 saturated carbocycles. The van der Waals surface area contributed by atoms with Gasteiger partial charge in [0, 0.05) is 13.1 Å². The Balaban J connectivity index is 3.05. The molecular weight excluding hydrogens is 392 g/mol. The number of hydrogen-bond donors (Lipinski definition) is 2. The normalized spacial score (nSPS) is 11.5. The molecule has 10 heteroatoms. The maximum Gasteiger partial charge on any atom is 0.247 e. The molecule has 28 heavy (non-hydrogen) atoms. The molecular formula is C18H27F2N3O4S. The third-order valence-electron chi connectivity index (χ3n) is 3.86. The summed E-state index contributed by atoms with van der Waals surface area (Å²) >= 11 is 0. The van der Waals surface area contributed by atoms with Crippen LogP contribution < -0.4 is 10.6 Å². The largest absolute Gasteiger partial charge is 0.355 e. The van der Waals surface area contributed by atoms with Gasteiger partial charge in [0.15, 0.2) is 0 Å². The van der Waals surface area contributed by atoms with Gasteiger partial charge < -0.3 is 10.6 Å². The van der Waals surface area contributed by atoms with E-state index < -0.39 is 51.5 Å². The van der Waals surface area contributed by atoms with Crippen LogP contribution in [-0.2, 0) is 19.6 Å². The lowest BCUT2D eigenvalue weighted by atomic mass is 10.3. The van der Waals surface area contributed by atoms with Crippen molar-refractivity contribution < 1.29 is 26.8 Å². The number of nitrogens with zero attached hydrogens (tertiary/aromatic N) is 1. The van der Waals surface area contributed by atoms with E-state index in [0.717, 1.165) is 18.9 Å². The van der Waals surface area contributed by atoms with Crippen molar-refractivity contribution >= 4 is 21.8 Å². The Kier molecular flexibility index (Phi) is 10.0. The predicted octanol–water partition coefficient (Wildman–Crippen LogP) is 1.79. The second kappa shape index (κ2) is 11.7. The van der Waals surface area contributed by atoms with Gasteiger partial charge in [-0.2, -0.15) is 4.31 Å². The van der Waals surface area contributed by atoms with Crippen LogP contribution in [0, 0.1) is 11.6 Å². The zero-order valence-corrected chi connectivity index (χ0v) is 16.9. The van der Waals surface area contributed by atoms with E-state index in [1.54, 1.807) is 0 Å². The smallest absolute Gasteiger partial charge is 0.247 e. The van der Waals surface area contributed by atoms with Gasteiger partial charge in [-0.25, -0.2) is 17.2 Å². The van der Waals surface area contributed by atoms with E-state index in [2.05, 4.69) is 10.6 Å². The van der Waals surface area contributed by atoms with E-state index in [1.807, 2.05) is 13.8 Å². The van der Waals surface area contributed by atoms with Gasteiger partial charge in [-0.3, -0.25) is 9.59 Å². The van der Waals surface area contributed by atoms with Gasteiger partial charge in [0.2, 0.25) is 21.8 Å². The molecule has 0 aliphatic heterocycles. The van der Waals surface area contributed by atoms with Crippen LogP contribution in [0.25, 0.3) is 0 Å². The Morgan fingerprint density at radius 2 is 1.46 bits per heavy atom. The maximum absolute atomic E-state index is 14.0. The number of benzene rings is 1. The summed E-state index contributed by atoms with van der Waals surface area (Å²) in [5.41, 5.74) is 0. The molecule has 0 bridgehead atoms. The first-order valence-electron chi connectivity index (χ1n) is 9.21. The molecule has 0 saturated heterocycles. The van der Waals surface area contributed by atoms with Crippen LogP contribution >= 0.6 is 0 Å². The number of rotatable bonds is 12. The topological polar surface area (TPSA) is 95.6 Å². The number of sulfonamides is 1. The van der Waals surface area contributed by atoms with Crippen molar-refractivity contribution in [2.45, 2.75) is 44.4 Å². The lowest BCUT2D eigenvalue weighted by Gasteiger charge is -2.21. The van der Waals surface area contributed by atoms with Gasteiger partial charge in [-0.15, -0.1) is 0 Å². The summed E-state index contributed by atoms with van der Waals surface area (Å²) in [7, 11) is -4.61. The fourth-order valence-corrected chi connectivity index (χ4v) is 3.71. The van der Waals surface area contributed by atoms with Crippen LogP contribution in [0.4, 0.5) is 8.78 Å². The van der Waals surface area contributed by atoms with E-state index in [1.165, 1.54) is 0 Å². The fourth-order valence-electron chi connectivity index (χ4n) is 2.28. The van der Waals surface area contributed by atoms with E-state index >= 15 is 0 Å². The van der Waals surface area contributed by atoms with Gasteiger partial charge in [0.1, 0.15) is 16.5 Å². The van der Waals surface area contributed by atoms with Gasteiger partial charge >= 0.3 is 0 Å². The highest BCUT2D eigenvalue weighted by Gasteiger charge is 2.31. The van der Waals surface area contributed by atoms with E-state index in [4.69, 9.17) is 0 Å². The number of carbonyl (C=O) groups is 2. The van der Waals surface area contributed by atoms with Gasteiger partial charge in [-0.05, 0) is 31.0 Å². The SMILES string of the molecule is CCCCNC(=O)CN(CC(=O)NCCCC)S(=O)(=O)c1cc(F)ccc1F. The quantitative estimate of drug-likeness (QED) is 0.505. The molecule has 1 aromatic rings. The monoisotopic (exact) mass is 419 g/mol. The number of unbranched alkanes of at least 4 members (excludes halogenated alkanes) is 2. The van der Waals surface area contributed by atoms with Crippen molar-refractivity contribution in [2.75, 3.05) is 26.2 Å². The second-order valence-electron chi connectivity index (χ2n) is 6.25. The lowest BCUT2D eigenvalue weighted by molar-refractivity contribution is -0.123. The van der Waals surface area contributed by atoms with Gasteiger partial charge in [0.25, 0.3) is 0 Å². The average Bonchev–Trinajstić information content (AvgIpc) is 2.63. The van der Waals surface area contributed by atoms with E-state index in [-0.39, 0.29) is 0 Å². The van der Waals surface area contributed by atoms with Crippen LogP contribution in [0.2, 0.25) is 0 Å². The minimum Gasteiger partial charge on any atom is -0.355 e. The van der Waals surface area contributed by atoms with E-state index in [9.17, 15) is 26.8 Å². The number of hydrogen-bond acceptors (Lipinski definition) is 4. The molecule has 2 N–H and O–H groups in total. The predicted molar refractivity (Wildman–Crippen MR) is 101 cm³/mol. The maximum atomic E-state index is 14.0. The molecule has 0 spiro atoms. The zero-order chi connectivity index (χ0) is 21.2. The number of amides is 2. The van der Waals surface area contributed by atoms with Crippen LogP contribution in [0.15, 0.2) is 23.1 Å². The first kappa shape index (κ1) is 24.0. The van der Waals surface area contributed by atoms with Crippen molar-refractivity contribution in [1.29, 1.82) is 0 Å². The number of halogens is 2. The number of nitrogens with one attached hydrogen (secondary N) is 2. The van der Waals surface area contributed by atoms with Crippen molar-refractivity contribution in [3.05, 3.63) is 29.8 Å². The first-order chi connectivity index (χ1) is 13.2. The Bertz CT molecular complexity index is 748. The molecule has 158 valence electrons. The van der Waals surface area contributed by atoms with Crippen molar-refractivity contribution in [3.63, 3.8) is 0 Å². The Hall–Kier alpha value is -2.07.